The molecule has 8 aromatic rings. The van der Waals surface area contributed by atoms with E-state index in [2.05, 4.69) is 25.9 Å². The molecule has 230 valence electrons. The van der Waals surface area contributed by atoms with Gasteiger partial charge in [-0.2, -0.15) is 18.4 Å². The number of hydrogen-bond acceptors (Lipinski definition) is 4. The Labute approximate surface area is 271 Å². The molecule has 0 N–H and O–H groups in total. The maximum atomic E-state index is 15.9. The Balaban J connectivity index is 1.62. The van der Waals surface area contributed by atoms with Gasteiger partial charge in [-0.3, -0.25) is 0 Å². The first-order valence-corrected chi connectivity index (χ1v) is 15.0. The van der Waals surface area contributed by atoms with E-state index in [1.807, 2.05) is 24.3 Å². The molecule has 0 fully saturated rings. The van der Waals surface area contributed by atoms with Crippen LogP contribution in [0.15, 0.2) is 97.1 Å². The highest BCUT2D eigenvalue weighted by Gasteiger charge is 2.39. The van der Waals surface area contributed by atoms with Crippen LogP contribution in [0.2, 0.25) is 0 Å². The third-order valence-electron chi connectivity index (χ3n) is 8.57. The summed E-state index contributed by atoms with van der Waals surface area (Å²) in [6.07, 6.45) is -4.85. The van der Waals surface area contributed by atoms with E-state index in [1.165, 1.54) is 12.1 Å². The van der Waals surface area contributed by atoms with Crippen molar-refractivity contribution >= 4 is 49.3 Å². The summed E-state index contributed by atoms with van der Waals surface area (Å²) in [5, 5.41) is 12.7. The molecule has 10 heteroatoms. The van der Waals surface area contributed by atoms with Gasteiger partial charge in [0.25, 0.3) is 0 Å². The number of aromatic nitrogens is 5. The van der Waals surface area contributed by atoms with Gasteiger partial charge < -0.3 is 9.13 Å². The van der Waals surface area contributed by atoms with E-state index in [1.54, 1.807) is 83.6 Å². The van der Waals surface area contributed by atoms with Crippen molar-refractivity contribution in [3.8, 4) is 28.8 Å². The third kappa shape index (κ3) is 4.38. The summed E-state index contributed by atoms with van der Waals surface area (Å²) >= 11 is 0. The van der Waals surface area contributed by atoms with E-state index in [0.717, 1.165) is 10.8 Å². The average Bonchev–Trinajstić information content (AvgIpc) is 3.58. The summed E-state index contributed by atoms with van der Waals surface area (Å²) in [5.41, 5.74) is 1.74. The second-order valence-electron chi connectivity index (χ2n) is 11.5. The molecule has 0 radical (unpaired) electrons. The van der Waals surface area contributed by atoms with Crippen molar-refractivity contribution in [3.05, 3.63) is 131 Å². The van der Waals surface area contributed by atoms with Gasteiger partial charge in [-0.1, -0.05) is 54.6 Å². The highest BCUT2D eigenvalue weighted by atomic mass is 19.4. The number of benzene rings is 5. The van der Waals surface area contributed by atoms with Crippen molar-refractivity contribution in [1.29, 1.82) is 5.26 Å². The first-order valence-electron chi connectivity index (χ1n) is 15.0. The van der Waals surface area contributed by atoms with E-state index < -0.39 is 11.7 Å². The smallest absolute Gasteiger partial charge is 0.310 e. The molecule has 5 aromatic carbocycles. The molecular weight excluding hydrogens is 611 g/mol. The van der Waals surface area contributed by atoms with Gasteiger partial charge in [0.2, 0.25) is 0 Å². The lowest BCUT2D eigenvalue weighted by Gasteiger charge is -2.23. The summed E-state index contributed by atoms with van der Waals surface area (Å²) in [6, 6.07) is 29.6. The van der Waals surface area contributed by atoms with Gasteiger partial charge in [0.1, 0.15) is 17.2 Å². The van der Waals surface area contributed by atoms with E-state index in [4.69, 9.17) is 6.57 Å². The van der Waals surface area contributed by atoms with Gasteiger partial charge in [0, 0.05) is 32.6 Å². The molecule has 7 nitrogen and oxygen atoms in total. The molecule has 0 atom stereocenters. The average molecular weight is 634 g/mol. The zero-order valence-corrected chi connectivity index (χ0v) is 25.5. The highest BCUT2D eigenvalue weighted by molar-refractivity contribution is 6.11. The first kappa shape index (κ1) is 28.9. The summed E-state index contributed by atoms with van der Waals surface area (Å²) in [4.78, 5) is 17.0. The minimum atomic E-state index is -4.85. The molecular formula is C38H22F3N7. The fraction of sp³-hybridized carbons (Fsp3) is 0.0789. The van der Waals surface area contributed by atoms with Crippen LogP contribution in [0.4, 0.5) is 18.9 Å². The Hall–Kier alpha value is -6.52. The Morgan fingerprint density at radius 1 is 0.667 bits per heavy atom. The lowest BCUT2D eigenvalue weighted by molar-refractivity contribution is -0.137. The van der Waals surface area contributed by atoms with Gasteiger partial charge >= 0.3 is 6.18 Å². The van der Waals surface area contributed by atoms with Crippen LogP contribution in [0, 0.1) is 31.8 Å². The normalized spacial score (nSPS) is 11.8. The molecule has 0 aliphatic carbocycles. The quantitative estimate of drug-likeness (QED) is 0.182. The van der Waals surface area contributed by atoms with Gasteiger partial charge in [-0.25, -0.2) is 19.8 Å². The molecule has 0 amide bonds. The van der Waals surface area contributed by atoms with Crippen LogP contribution in [0.5, 0.6) is 0 Å². The molecule has 0 spiro atoms. The maximum Gasteiger partial charge on any atom is 0.420 e. The number of alkyl halides is 3. The maximum absolute atomic E-state index is 15.9. The monoisotopic (exact) mass is 633 g/mol. The Morgan fingerprint density at radius 2 is 1.19 bits per heavy atom. The van der Waals surface area contributed by atoms with Crippen molar-refractivity contribution in [2.75, 3.05) is 0 Å². The third-order valence-corrected chi connectivity index (χ3v) is 8.57. The molecule has 8 rings (SSSR count). The largest absolute Gasteiger partial charge is 0.420 e. The number of aryl methyl sites for hydroxylation is 2. The van der Waals surface area contributed by atoms with E-state index in [9.17, 15) is 5.26 Å². The highest BCUT2D eigenvalue weighted by Crippen LogP contribution is 2.46. The number of rotatable bonds is 3. The van der Waals surface area contributed by atoms with Crippen molar-refractivity contribution in [2.45, 2.75) is 20.0 Å². The predicted molar refractivity (Wildman–Crippen MR) is 179 cm³/mol. The molecule has 0 saturated heterocycles. The Kier molecular flexibility index (Phi) is 6.33. The van der Waals surface area contributed by atoms with Gasteiger partial charge in [-0.15, -0.1) is 0 Å². The lowest BCUT2D eigenvalue weighted by Crippen LogP contribution is -2.16. The molecule has 48 heavy (non-hydrogen) atoms. The second kappa shape index (κ2) is 10.5. The van der Waals surface area contributed by atoms with Crippen LogP contribution >= 0.6 is 0 Å². The molecule has 0 aliphatic heterocycles. The standard InChI is InChI=1S/C38H22F3N7/c1-21-44-22(2)46-37(45-21)24-17-34(47-30-10-6-4-8-26(30)28-14-12-23(20-42)16-32(28)47)36(38(39,40)41)35(18-24)48-31-11-7-5-9-27(31)29-15-13-25(43-3)19-33(29)48/h4-19H,1-2H3. The summed E-state index contributed by atoms with van der Waals surface area (Å²) < 4.78 is 50.8. The molecule has 3 heterocycles. The van der Waals surface area contributed by atoms with Gasteiger partial charge in [0.05, 0.1) is 46.1 Å². The number of nitriles is 1. The van der Waals surface area contributed by atoms with Crippen LogP contribution in [0.1, 0.15) is 22.8 Å². The number of hydrogen-bond donors (Lipinski definition) is 0. The predicted octanol–water partition coefficient (Wildman–Crippen LogP) is 9.79. The molecule has 0 unspecified atom stereocenters. The number of para-hydroxylation sites is 2. The van der Waals surface area contributed by atoms with Crippen LogP contribution < -0.4 is 0 Å². The number of fused-ring (bicyclic) bond motifs is 6. The van der Waals surface area contributed by atoms with Crippen LogP contribution in [-0.2, 0) is 6.18 Å². The van der Waals surface area contributed by atoms with Crippen LogP contribution in [-0.4, -0.2) is 24.1 Å². The molecule has 3 aromatic heterocycles. The lowest BCUT2D eigenvalue weighted by atomic mass is 10.0. The van der Waals surface area contributed by atoms with Crippen molar-refractivity contribution in [2.24, 2.45) is 0 Å². The molecule has 0 bridgehead atoms. The second-order valence-corrected chi connectivity index (χ2v) is 11.5. The SMILES string of the molecule is [C-]#[N+]c1ccc2c3ccccc3n(-c3cc(-c4nc(C)nc(C)n4)cc(-n4c5ccccc5c5ccc(C#N)cc54)c3C(F)(F)F)c2c1. The zero-order valence-electron chi connectivity index (χ0n) is 25.5. The molecule has 0 saturated carbocycles. The fourth-order valence-corrected chi connectivity index (χ4v) is 6.72. The van der Waals surface area contributed by atoms with E-state index in [-0.39, 0.29) is 17.2 Å². The van der Waals surface area contributed by atoms with Crippen LogP contribution in [0.3, 0.4) is 0 Å². The van der Waals surface area contributed by atoms with Crippen molar-refractivity contribution in [1.82, 2.24) is 24.1 Å². The first-order chi connectivity index (χ1) is 23.2. The Morgan fingerprint density at radius 3 is 1.73 bits per heavy atom. The number of halogens is 3. The van der Waals surface area contributed by atoms with Gasteiger partial charge in [0.15, 0.2) is 11.5 Å². The summed E-state index contributed by atoms with van der Waals surface area (Å²) in [6.45, 7) is 11.1. The number of nitrogens with zero attached hydrogens (tertiary/aromatic N) is 7. The molecule has 0 aliphatic rings. The van der Waals surface area contributed by atoms with Gasteiger partial charge in [-0.05, 0) is 56.3 Å². The van der Waals surface area contributed by atoms with E-state index in [0.29, 0.717) is 61.3 Å². The zero-order chi connectivity index (χ0) is 33.3. The summed E-state index contributed by atoms with van der Waals surface area (Å²) in [7, 11) is 0. The Bertz CT molecular complexity index is 2550. The fourth-order valence-electron chi connectivity index (χ4n) is 6.72. The summed E-state index contributed by atoms with van der Waals surface area (Å²) in [5.74, 6) is 1.07. The van der Waals surface area contributed by atoms with Crippen LogP contribution in [0.25, 0.3) is 71.2 Å². The van der Waals surface area contributed by atoms with Crippen molar-refractivity contribution in [3.63, 3.8) is 0 Å². The minimum Gasteiger partial charge on any atom is -0.310 e. The van der Waals surface area contributed by atoms with Crippen molar-refractivity contribution < 1.29 is 13.2 Å². The van der Waals surface area contributed by atoms with E-state index >= 15 is 13.2 Å². The minimum absolute atomic E-state index is 0.151. The topological polar surface area (TPSA) is 76.7 Å².